The molecule has 0 bridgehead atoms. The first-order chi connectivity index (χ1) is 6.93. The summed E-state index contributed by atoms with van der Waals surface area (Å²) in [7, 11) is 0. The van der Waals surface area contributed by atoms with Crippen molar-refractivity contribution in [2.75, 3.05) is 0 Å². The van der Waals surface area contributed by atoms with Crippen LogP contribution in [0.1, 0.15) is 11.5 Å². The normalized spacial score (nSPS) is 10.3. The van der Waals surface area contributed by atoms with Gasteiger partial charge in [0.2, 0.25) is 11.8 Å². The fourth-order valence-corrected chi connectivity index (χ4v) is 1.47. The Morgan fingerprint density at radius 3 is 2.00 bits per heavy atom. The van der Waals surface area contributed by atoms with Crippen LogP contribution in [-0.2, 0) is 9.59 Å². The number of primary amides is 2. The molecule has 0 aliphatic carbocycles. The molecule has 0 spiro atoms. The molecule has 1 aromatic carbocycles. The SMILES string of the molecule is NC(=O)C(C(N)=O)c1ccc(Cl)c(Cl)c1. The quantitative estimate of drug-likeness (QED) is 0.782. The molecule has 0 radical (unpaired) electrons. The number of carbonyl (C=O) groups is 2. The monoisotopic (exact) mass is 246 g/mol. The zero-order valence-corrected chi connectivity index (χ0v) is 9.05. The van der Waals surface area contributed by atoms with Crippen molar-refractivity contribution in [2.45, 2.75) is 5.92 Å². The molecule has 0 unspecified atom stereocenters. The summed E-state index contributed by atoms with van der Waals surface area (Å²) in [5.41, 5.74) is 10.4. The summed E-state index contributed by atoms with van der Waals surface area (Å²) in [5, 5.41) is 0.565. The van der Waals surface area contributed by atoms with Gasteiger partial charge in [-0.2, -0.15) is 0 Å². The lowest BCUT2D eigenvalue weighted by molar-refractivity contribution is -0.128. The van der Waals surface area contributed by atoms with Gasteiger partial charge in [0.05, 0.1) is 10.0 Å². The van der Waals surface area contributed by atoms with Crippen LogP contribution in [0.2, 0.25) is 10.0 Å². The van der Waals surface area contributed by atoms with Crippen LogP contribution in [0.3, 0.4) is 0 Å². The summed E-state index contributed by atoms with van der Waals surface area (Å²) in [5.74, 6) is -2.82. The number of benzene rings is 1. The molecule has 0 saturated carbocycles. The molecule has 2 amide bonds. The van der Waals surface area contributed by atoms with Gasteiger partial charge in [-0.15, -0.1) is 0 Å². The van der Waals surface area contributed by atoms with Gasteiger partial charge in [-0.05, 0) is 17.7 Å². The van der Waals surface area contributed by atoms with Gasteiger partial charge < -0.3 is 11.5 Å². The van der Waals surface area contributed by atoms with Gasteiger partial charge in [0.15, 0.2) is 0 Å². The molecule has 0 fully saturated rings. The first-order valence-corrected chi connectivity index (χ1v) is 4.72. The largest absolute Gasteiger partial charge is 0.369 e. The van der Waals surface area contributed by atoms with Crippen LogP contribution in [0, 0.1) is 0 Å². The maximum atomic E-state index is 11.0. The van der Waals surface area contributed by atoms with Gasteiger partial charge in [-0.3, -0.25) is 9.59 Å². The van der Waals surface area contributed by atoms with E-state index in [1.165, 1.54) is 18.2 Å². The van der Waals surface area contributed by atoms with Gasteiger partial charge >= 0.3 is 0 Å². The topological polar surface area (TPSA) is 86.2 Å². The van der Waals surface area contributed by atoms with Gasteiger partial charge in [-0.25, -0.2) is 0 Å². The third kappa shape index (κ3) is 2.61. The van der Waals surface area contributed by atoms with E-state index in [0.29, 0.717) is 10.6 Å². The maximum Gasteiger partial charge on any atom is 0.234 e. The highest BCUT2D eigenvalue weighted by atomic mass is 35.5. The van der Waals surface area contributed by atoms with Crippen LogP contribution in [0.15, 0.2) is 18.2 Å². The predicted octanol–water partition coefficient (Wildman–Crippen LogP) is 1.05. The van der Waals surface area contributed by atoms with E-state index in [1.54, 1.807) is 0 Å². The molecule has 0 aliphatic heterocycles. The zero-order chi connectivity index (χ0) is 11.6. The minimum atomic E-state index is -1.18. The Morgan fingerprint density at radius 1 is 1.07 bits per heavy atom. The second kappa shape index (κ2) is 4.51. The lowest BCUT2D eigenvalue weighted by Gasteiger charge is -2.10. The molecule has 1 rings (SSSR count). The standard InChI is InChI=1S/C9H8Cl2N2O2/c10-5-2-1-4(3-6(5)11)7(8(12)14)9(13)15/h1-3,7H,(H2,12,14)(H2,13,15). The van der Waals surface area contributed by atoms with Crippen molar-refractivity contribution in [3.8, 4) is 0 Å². The summed E-state index contributed by atoms with van der Waals surface area (Å²) in [4.78, 5) is 22.0. The number of halogens is 2. The Kier molecular flexibility index (Phi) is 3.55. The third-order valence-electron chi connectivity index (χ3n) is 1.85. The summed E-state index contributed by atoms with van der Waals surface area (Å²) in [6, 6.07) is 4.34. The van der Waals surface area contributed by atoms with E-state index in [-0.39, 0.29) is 5.02 Å². The first-order valence-electron chi connectivity index (χ1n) is 3.97. The average Bonchev–Trinajstić information content (AvgIpc) is 2.10. The Bertz CT molecular complexity index is 407. The molecule has 15 heavy (non-hydrogen) atoms. The minimum Gasteiger partial charge on any atom is -0.369 e. The van der Waals surface area contributed by atoms with Crippen molar-refractivity contribution in [1.82, 2.24) is 0 Å². The minimum absolute atomic E-state index is 0.238. The summed E-state index contributed by atoms with van der Waals surface area (Å²) < 4.78 is 0. The smallest absolute Gasteiger partial charge is 0.234 e. The summed E-state index contributed by atoms with van der Waals surface area (Å²) in [6.07, 6.45) is 0. The second-order valence-electron chi connectivity index (χ2n) is 2.91. The Morgan fingerprint density at radius 2 is 1.60 bits per heavy atom. The van der Waals surface area contributed by atoms with Crippen LogP contribution >= 0.6 is 23.2 Å². The van der Waals surface area contributed by atoms with E-state index in [2.05, 4.69) is 0 Å². The number of hydrogen-bond acceptors (Lipinski definition) is 2. The van der Waals surface area contributed by atoms with E-state index in [9.17, 15) is 9.59 Å². The Balaban J connectivity index is 3.18. The van der Waals surface area contributed by atoms with E-state index in [0.717, 1.165) is 0 Å². The van der Waals surface area contributed by atoms with E-state index in [4.69, 9.17) is 34.7 Å². The number of nitrogens with two attached hydrogens (primary N) is 2. The molecule has 1 aromatic rings. The number of carbonyl (C=O) groups excluding carboxylic acids is 2. The van der Waals surface area contributed by atoms with E-state index in [1.807, 2.05) is 0 Å². The Labute approximate surface area is 96.1 Å². The lowest BCUT2D eigenvalue weighted by atomic mass is 9.98. The molecule has 4 N–H and O–H groups in total. The van der Waals surface area contributed by atoms with Gasteiger partial charge in [0, 0.05) is 0 Å². The zero-order valence-electron chi connectivity index (χ0n) is 7.54. The van der Waals surface area contributed by atoms with Crippen molar-refractivity contribution in [1.29, 1.82) is 0 Å². The molecule has 80 valence electrons. The van der Waals surface area contributed by atoms with E-state index >= 15 is 0 Å². The van der Waals surface area contributed by atoms with Crippen molar-refractivity contribution < 1.29 is 9.59 Å². The van der Waals surface area contributed by atoms with Crippen LogP contribution in [-0.4, -0.2) is 11.8 Å². The van der Waals surface area contributed by atoms with Crippen molar-refractivity contribution in [3.63, 3.8) is 0 Å². The molecule has 6 heteroatoms. The Hall–Kier alpha value is -1.26. The molecule has 0 atom stereocenters. The fourth-order valence-electron chi connectivity index (χ4n) is 1.16. The third-order valence-corrected chi connectivity index (χ3v) is 2.59. The molecule has 0 heterocycles. The lowest BCUT2D eigenvalue weighted by Crippen LogP contribution is -2.33. The fraction of sp³-hybridized carbons (Fsp3) is 0.111. The molecule has 0 aliphatic rings. The highest BCUT2D eigenvalue weighted by Gasteiger charge is 2.24. The predicted molar refractivity (Wildman–Crippen MR) is 57.6 cm³/mol. The van der Waals surface area contributed by atoms with Gasteiger partial charge in [0.1, 0.15) is 5.92 Å². The number of rotatable bonds is 3. The van der Waals surface area contributed by atoms with E-state index < -0.39 is 17.7 Å². The number of hydrogen-bond donors (Lipinski definition) is 2. The number of amides is 2. The van der Waals surface area contributed by atoms with Gasteiger partial charge in [-0.1, -0.05) is 29.3 Å². The highest BCUT2D eigenvalue weighted by molar-refractivity contribution is 6.42. The van der Waals surface area contributed by atoms with Crippen molar-refractivity contribution in [3.05, 3.63) is 33.8 Å². The molecule has 0 aromatic heterocycles. The van der Waals surface area contributed by atoms with Crippen LogP contribution < -0.4 is 11.5 Å². The molecular formula is C9H8Cl2N2O2. The van der Waals surface area contributed by atoms with Crippen LogP contribution in [0.4, 0.5) is 0 Å². The average molecular weight is 247 g/mol. The van der Waals surface area contributed by atoms with Crippen molar-refractivity contribution >= 4 is 35.0 Å². The van der Waals surface area contributed by atoms with Gasteiger partial charge in [0.25, 0.3) is 0 Å². The summed E-state index contributed by atoms with van der Waals surface area (Å²) in [6.45, 7) is 0. The summed E-state index contributed by atoms with van der Waals surface area (Å²) >= 11 is 11.4. The highest BCUT2D eigenvalue weighted by Crippen LogP contribution is 2.26. The molecule has 4 nitrogen and oxygen atoms in total. The van der Waals surface area contributed by atoms with Crippen LogP contribution in [0.25, 0.3) is 0 Å². The molecular weight excluding hydrogens is 239 g/mol. The maximum absolute atomic E-state index is 11.0. The first kappa shape index (κ1) is 11.8. The second-order valence-corrected chi connectivity index (χ2v) is 3.73. The van der Waals surface area contributed by atoms with Crippen molar-refractivity contribution in [2.24, 2.45) is 11.5 Å². The van der Waals surface area contributed by atoms with Crippen LogP contribution in [0.5, 0.6) is 0 Å². The molecule has 0 saturated heterocycles.